The molecule has 0 saturated heterocycles. The second-order valence-electron chi connectivity index (χ2n) is 4.99. The highest BCUT2D eigenvalue weighted by Gasteiger charge is 2.09. The van der Waals surface area contributed by atoms with Crippen LogP contribution in [0.4, 0.5) is 11.6 Å². The zero-order chi connectivity index (χ0) is 14.9. The van der Waals surface area contributed by atoms with Crippen LogP contribution >= 0.6 is 0 Å². The van der Waals surface area contributed by atoms with Crippen molar-refractivity contribution in [3.63, 3.8) is 0 Å². The largest absolute Gasteiger partial charge is 0.338 e. The fraction of sp³-hybridized carbons (Fsp3) is 0. The molecule has 0 saturated carbocycles. The Kier molecular flexibility index (Phi) is 2.83. The van der Waals surface area contributed by atoms with Crippen LogP contribution in [0.2, 0.25) is 0 Å². The number of fused-ring (bicyclic) bond motifs is 2. The lowest BCUT2D eigenvalue weighted by molar-refractivity contribution is 0.112. The first kappa shape index (κ1) is 12.5. The molecule has 0 radical (unpaired) electrons. The molecule has 0 spiro atoms. The Bertz CT molecular complexity index is 977. The first-order valence-corrected chi connectivity index (χ1v) is 6.90. The zero-order valence-electron chi connectivity index (χ0n) is 11.6. The van der Waals surface area contributed by atoms with Crippen LogP contribution in [-0.2, 0) is 0 Å². The minimum atomic E-state index is 0.467. The first-order valence-electron chi connectivity index (χ1n) is 6.90. The molecule has 0 aliphatic rings. The van der Waals surface area contributed by atoms with Crippen LogP contribution < -0.4 is 0 Å². The van der Waals surface area contributed by atoms with Gasteiger partial charge in [0.2, 0.25) is 0 Å². The summed E-state index contributed by atoms with van der Waals surface area (Å²) in [5, 5.41) is 10.3. The second-order valence-corrected chi connectivity index (χ2v) is 4.99. The zero-order valence-corrected chi connectivity index (χ0v) is 11.6. The number of nitrogens with one attached hydrogen (secondary N) is 2. The van der Waals surface area contributed by atoms with Crippen molar-refractivity contribution >= 4 is 39.7 Å². The number of aldehydes is 1. The van der Waals surface area contributed by atoms with Gasteiger partial charge in [0.1, 0.15) is 0 Å². The molecule has 5 heteroatoms. The third-order valence-corrected chi connectivity index (χ3v) is 3.62. The van der Waals surface area contributed by atoms with Gasteiger partial charge in [0.05, 0.1) is 5.56 Å². The van der Waals surface area contributed by atoms with E-state index >= 15 is 0 Å². The SMILES string of the molecule is O=Cc1c(N=Nc2cc3ccccc3[nH]2)[nH]c2ccccc12. The normalized spacial score (nSPS) is 11.6. The van der Waals surface area contributed by atoms with Crippen LogP contribution in [0.1, 0.15) is 10.4 Å². The molecule has 0 aliphatic heterocycles. The van der Waals surface area contributed by atoms with E-state index in [4.69, 9.17) is 0 Å². The number of para-hydroxylation sites is 2. The minimum absolute atomic E-state index is 0.467. The van der Waals surface area contributed by atoms with Crippen LogP contribution in [0.15, 0.2) is 64.8 Å². The van der Waals surface area contributed by atoms with Gasteiger partial charge in [0, 0.05) is 21.8 Å². The van der Waals surface area contributed by atoms with E-state index < -0.39 is 0 Å². The van der Waals surface area contributed by atoms with Crippen LogP contribution in [0.3, 0.4) is 0 Å². The number of aromatic nitrogens is 2. The van der Waals surface area contributed by atoms with Crippen LogP contribution in [0.5, 0.6) is 0 Å². The number of carbonyl (C=O) groups is 1. The monoisotopic (exact) mass is 288 g/mol. The van der Waals surface area contributed by atoms with E-state index in [9.17, 15) is 4.79 Å². The summed E-state index contributed by atoms with van der Waals surface area (Å²) < 4.78 is 0. The molecule has 0 bridgehead atoms. The summed E-state index contributed by atoms with van der Waals surface area (Å²) >= 11 is 0. The lowest BCUT2D eigenvalue weighted by Gasteiger charge is -1.89. The molecule has 5 nitrogen and oxygen atoms in total. The van der Waals surface area contributed by atoms with E-state index in [0.717, 1.165) is 28.1 Å². The smallest absolute Gasteiger partial charge is 0.164 e. The number of azo groups is 1. The van der Waals surface area contributed by atoms with E-state index in [2.05, 4.69) is 20.2 Å². The number of rotatable bonds is 3. The molecule has 2 heterocycles. The number of aromatic amines is 2. The van der Waals surface area contributed by atoms with E-state index in [-0.39, 0.29) is 0 Å². The predicted molar refractivity (Wildman–Crippen MR) is 86.2 cm³/mol. The maximum absolute atomic E-state index is 11.3. The Morgan fingerprint density at radius 3 is 2.45 bits per heavy atom. The summed E-state index contributed by atoms with van der Waals surface area (Å²) in [4.78, 5) is 17.6. The highest BCUT2D eigenvalue weighted by atomic mass is 16.1. The molecule has 106 valence electrons. The van der Waals surface area contributed by atoms with Gasteiger partial charge in [-0.05, 0) is 18.2 Å². The summed E-state index contributed by atoms with van der Waals surface area (Å²) in [5.74, 6) is 1.12. The van der Waals surface area contributed by atoms with Crippen LogP contribution in [0.25, 0.3) is 21.8 Å². The molecule has 0 amide bonds. The lowest BCUT2D eigenvalue weighted by Crippen LogP contribution is -1.75. The van der Waals surface area contributed by atoms with Gasteiger partial charge < -0.3 is 9.97 Å². The van der Waals surface area contributed by atoms with Crippen molar-refractivity contribution in [1.29, 1.82) is 0 Å². The maximum Gasteiger partial charge on any atom is 0.164 e. The van der Waals surface area contributed by atoms with Gasteiger partial charge in [-0.15, -0.1) is 10.2 Å². The second kappa shape index (κ2) is 4.96. The van der Waals surface area contributed by atoms with Gasteiger partial charge in [-0.25, -0.2) is 0 Å². The van der Waals surface area contributed by atoms with E-state index in [1.165, 1.54) is 0 Å². The molecule has 0 atom stereocenters. The molecular weight excluding hydrogens is 276 g/mol. The maximum atomic E-state index is 11.3. The third-order valence-electron chi connectivity index (χ3n) is 3.62. The van der Waals surface area contributed by atoms with Crippen molar-refractivity contribution in [3.8, 4) is 0 Å². The van der Waals surface area contributed by atoms with Crippen LogP contribution in [-0.4, -0.2) is 16.3 Å². The lowest BCUT2D eigenvalue weighted by atomic mass is 10.2. The first-order chi connectivity index (χ1) is 10.8. The minimum Gasteiger partial charge on any atom is -0.338 e. The van der Waals surface area contributed by atoms with Gasteiger partial charge in [-0.2, -0.15) is 0 Å². The standard InChI is InChI=1S/C17H12N4O/c22-10-13-12-6-2-4-8-15(12)19-17(13)21-20-16-9-11-5-1-3-7-14(11)18-16/h1-10,18-19H. The molecule has 2 N–H and O–H groups in total. The summed E-state index contributed by atoms with van der Waals surface area (Å²) in [6, 6.07) is 17.4. The molecule has 22 heavy (non-hydrogen) atoms. The van der Waals surface area contributed by atoms with E-state index in [1.807, 2.05) is 54.6 Å². The Hall–Kier alpha value is -3.21. The molecule has 0 unspecified atom stereocenters. The van der Waals surface area contributed by atoms with Gasteiger partial charge >= 0.3 is 0 Å². The van der Waals surface area contributed by atoms with Crippen molar-refractivity contribution in [2.45, 2.75) is 0 Å². The third kappa shape index (κ3) is 2.00. The summed E-state index contributed by atoms with van der Waals surface area (Å²) in [6.07, 6.45) is 0.804. The molecule has 2 aromatic carbocycles. The number of H-pyrrole nitrogens is 2. The Labute approximate surface area is 125 Å². The number of benzene rings is 2. The quantitative estimate of drug-likeness (QED) is 0.409. The fourth-order valence-corrected chi connectivity index (χ4v) is 2.56. The highest BCUT2D eigenvalue weighted by Crippen LogP contribution is 2.28. The van der Waals surface area contributed by atoms with E-state index in [1.54, 1.807) is 0 Å². The van der Waals surface area contributed by atoms with Gasteiger partial charge in [0.25, 0.3) is 0 Å². The predicted octanol–water partition coefficient (Wildman–Crippen LogP) is 4.88. The van der Waals surface area contributed by atoms with Gasteiger partial charge in [0.15, 0.2) is 17.9 Å². The summed E-state index contributed by atoms with van der Waals surface area (Å²) in [6.45, 7) is 0. The molecule has 4 aromatic rings. The number of hydrogen-bond donors (Lipinski definition) is 2. The number of hydrogen-bond acceptors (Lipinski definition) is 3. The topological polar surface area (TPSA) is 73.4 Å². The highest BCUT2D eigenvalue weighted by molar-refractivity contribution is 6.02. The molecule has 0 aliphatic carbocycles. The van der Waals surface area contributed by atoms with E-state index in [0.29, 0.717) is 17.2 Å². The average molecular weight is 288 g/mol. The van der Waals surface area contributed by atoms with Crippen LogP contribution in [0, 0.1) is 0 Å². The molecule has 0 fully saturated rings. The summed E-state index contributed by atoms with van der Waals surface area (Å²) in [5.41, 5.74) is 2.40. The average Bonchev–Trinajstić information content (AvgIpc) is 3.12. The Morgan fingerprint density at radius 2 is 1.64 bits per heavy atom. The van der Waals surface area contributed by atoms with Crippen molar-refractivity contribution in [3.05, 3.63) is 60.2 Å². The Morgan fingerprint density at radius 1 is 0.864 bits per heavy atom. The molecule has 2 aromatic heterocycles. The Balaban J connectivity index is 1.77. The van der Waals surface area contributed by atoms with Crippen molar-refractivity contribution in [1.82, 2.24) is 9.97 Å². The number of nitrogens with zero attached hydrogens (tertiary/aromatic N) is 2. The van der Waals surface area contributed by atoms with Crippen molar-refractivity contribution in [2.24, 2.45) is 10.2 Å². The fourth-order valence-electron chi connectivity index (χ4n) is 2.56. The molecule has 4 rings (SSSR count). The summed E-state index contributed by atoms with van der Waals surface area (Å²) in [7, 11) is 0. The van der Waals surface area contributed by atoms with Gasteiger partial charge in [-0.3, -0.25) is 4.79 Å². The van der Waals surface area contributed by atoms with Gasteiger partial charge in [-0.1, -0.05) is 36.4 Å². The molecular formula is C17H12N4O. The van der Waals surface area contributed by atoms with Crippen molar-refractivity contribution < 1.29 is 4.79 Å². The van der Waals surface area contributed by atoms with Crippen molar-refractivity contribution in [2.75, 3.05) is 0 Å². The number of carbonyl (C=O) groups excluding carboxylic acids is 1.